The average molecular weight is 201 g/mol. The highest BCUT2D eigenvalue weighted by Gasteiger charge is 2.08. The first-order valence-corrected chi connectivity index (χ1v) is 5.41. The lowest BCUT2D eigenvalue weighted by Gasteiger charge is -2.26. The van der Waals surface area contributed by atoms with Crippen LogP contribution in [0.2, 0.25) is 0 Å². The summed E-state index contributed by atoms with van der Waals surface area (Å²) in [7, 11) is 1.84. The zero-order chi connectivity index (χ0) is 9.52. The minimum atomic E-state index is 0.747. The summed E-state index contributed by atoms with van der Waals surface area (Å²) in [5.41, 5.74) is 0. The van der Waals surface area contributed by atoms with Crippen molar-refractivity contribution in [3.05, 3.63) is 0 Å². The van der Waals surface area contributed by atoms with Gasteiger partial charge < -0.3 is 15.5 Å². The third kappa shape index (κ3) is 4.43. The molecular weight excluding hydrogens is 182 g/mol. The Labute approximate surface area is 85.9 Å². The van der Waals surface area contributed by atoms with Crippen molar-refractivity contribution in [1.82, 2.24) is 15.5 Å². The zero-order valence-corrected chi connectivity index (χ0v) is 9.12. The molecule has 4 heteroatoms. The fourth-order valence-corrected chi connectivity index (χ4v) is 1.70. The fourth-order valence-electron chi connectivity index (χ4n) is 1.60. The van der Waals surface area contributed by atoms with Crippen LogP contribution < -0.4 is 10.6 Å². The van der Waals surface area contributed by atoms with Crippen molar-refractivity contribution < 1.29 is 0 Å². The Kier molecular flexibility index (Phi) is 5.08. The molecule has 1 fully saturated rings. The normalized spacial score (nSPS) is 18.2. The molecule has 0 aromatic heterocycles. The van der Waals surface area contributed by atoms with E-state index >= 15 is 0 Å². The van der Waals surface area contributed by atoms with Crippen LogP contribution in [-0.4, -0.2) is 43.2 Å². The van der Waals surface area contributed by atoms with Crippen molar-refractivity contribution in [2.24, 2.45) is 0 Å². The van der Waals surface area contributed by atoms with Gasteiger partial charge in [0.2, 0.25) is 0 Å². The molecule has 1 rings (SSSR count). The second-order valence-electron chi connectivity index (χ2n) is 3.41. The predicted molar refractivity (Wildman–Crippen MR) is 60.0 cm³/mol. The SMILES string of the molecule is CNC(=S)NCCN1CCCCC1. The van der Waals surface area contributed by atoms with Gasteiger partial charge in [-0.1, -0.05) is 6.42 Å². The average Bonchev–Trinajstić information content (AvgIpc) is 2.19. The molecule has 0 amide bonds. The van der Waals surface area contributed by atoms with Gasteiger partial charge in [0.1, 0.15) is 0 Å². The molecule has 0 spiro atoms. The topological polar surface area (TPSA) is 27.3 Å². The summed E-state index contributed by atoms with van der Waals surface area (Å²) < 4.78 is 0. The minimum Gasteiger partial charge on any atom is -0.366 e. The third-order valence-electron chi connectivity index (χ3n) is 2.39. The molecule has 0 bridgehead atoms. The fraction of sp³-hybridized carbons (Fsp3) is 0.889. The van der Waals surface area contributed by atoms with E-state index in [0.29, 0.717) is 0 Å². The van der Waals surface area contributed by atoms with Crippen molar-refractivity contribution >= 4 is 17.3 Å². The quantitative estimate of drug-likeness (QED) is 0.653. The first-order valence-electron chi connectivity index (χ1n) is 5.01. The molecule has 0 aromatic rings. The first-order chi connectivity index (χ1) is 6.33. The molecule has 2 N–H and O–H groups in total. The minimum absolute atomic E-state index is 0.747. The number of hydrogen-bond donors (Lipinski definition) is 2. The molecule has 0 unspecified atom stereocenters. The van der Waals surface area contributed by atoms with Crippen LogP contribution in [0.3, 0.4) is 0 Å². The molecule has 0 radical (unpaired) electrons. The summed E-state index contributed by atoms with van der Waals surface area (Å²) in [6.45, 7) is 4.59. The summed E-state index contributed by atoms with van der Waals surface area (Å²) in [6, 6.07) is 0. The van der Waals surface area contributed by atoms with E-state index in [1.807, 2.05) is 7.05 Å². The predicted octanol–water partition coefficient (Wildman–Crippen LogP) is 0.566. The van der Waals surface area contributed by atoms with Crippen molar-refractivity contribution in [3.8, 4) is 0 Å². The first kappa shape index (κ1) is 10.7. The maximum absolute atomic E-state index is 4.98. The lowest BCUT2D eigenvalue weighted by molar-refractivity contribution is 0.232. The van der Waals surface area contributed by atoms with E-state index in [1.165, 1.54) is 32.4 Å². The number of likely N-dealkylation sites (tertiary alicyclic amines) is 1. The highest BCUT2D eigenvalue weighted by atomic mass is 32.1. The highest BCUT2D eigenvalue weighted by molar-refractivity contribution is 7.80. The smallest absolute Gasteiger partial charge is 0.166 e. The van der Waals surface area contributed by atoms with Crippen molar-refractivity contribution in [1.29, 1.82) is 0 Å². The van der Waals surface area contributed by atoms with Gasteiger partial charge in [-0.2, -0.15) is 0 Å². The maximum Gasteiger partial charge on any atom is 0.166 e. The van der Waals surface area contributed by atoms with Crippen LogP contribution in [0.15, 0.2) is 0 Å². The Morgan fingerprint density at radius 3 is 2.62 bits per heavy atom. The summed E-state index contributed by atoms with van der Waals surface area (Å²) >= 11 is 4.98. The Bertz CT molecular complexity index is 155. The van der Waals surface area contributed by atoms with Crippen LogP contribution in [0.1, 0.15) is 19.3 Å². The van der Waals surface area contributed by atoms with Gasteiger partial charge >= 0.3 is 0 Å². The van der Waals surface area contributed by atoms with E-state index in [4.69, 9.17) is 12.2 Å². The van der Waals surface area contributed by atoms with Crippen LogP contribution in [-0.2, 0) is 0 Å². The lowest BCUT2D eigenvalue weighted by Crippen LogP contribution is -2.40. The number of hydrogen-bond acceptors (Lipinski definition) is 2. The van der Waals surface area contributed by atoms with Gasteiger partial charge in [0.15, 0.2) is 5.11 Å². The summed E-state index contributed by atoms with van der Waals surface area (Å²) in [4.78, 5) is 2.49. The molecule has 0 saturated carbocycles. The molecule has 3 nitrogen and oxygen atoms in total. The molecule has 0 atom stereocenters. The molecule has 1 aliphatic heterocycles. The molecule has 1 aliphatic rings. The monoisotopic (exact) mass is 201 g/mol. The summed E-state index contributed by atoms with van der Waals surface area (Å²) in [6.07, 6.45) is 4.12. The zero-order valence-electron chi connectivity index (χ0n) is 8.31. The van der Waals surface area contributed by atoms with E-state index in [2.05, 4.69) is 15.5 Å². The van der Waals surface area contributed by atoms with E-state index in [-0.39, 0.29) is 0 Å². The Hall–Kier alpha value is -0.350. The van der Waals surface area contributed by atoms with Crippen LogP contribution in [0.5, 0.6) is 0 Å². The Balaban J connectivity index is 2.01. The standard InChI is InChI=1S/C9H19N3S/c1-10-9(13)11-5-8-12-6-3-2-4-7-12/h2-8H2,1H3,(H2,10,11,13). The maximum atomic E-state index is 4.98. The van der Waals surface area contributed by atoms with Crippen LogP contribution in [0, 0.1) is 0 Å². The van der Waals surface area contributed by atoms with Gasteiger partial charge in [0.05, 0.1) is 0 Å². The highest BCUT2D eigenvalue weighted by Crippen LogP contribution is 2.06. The van der Waals surface area contributed by atoms with Crippen LogP contribution in [0.25, 0.3) is 0 Å². The van der Waals surface area contributed by atoms with E-state index < -0.39 is 0 Å². The molecule has 1 saturated heterocycles. The molecular formula is C9H19N3S. The number of nitrogens with one attached hydrogen (secondary N) is 2. The van der Waals surface area contributed by atoms with Crippen molar-refractivity contribution in [2.75, 3.05) is 33.2 Å². The molecule has 13 heavy (non-hydrogen) atoms. The van der Waals surface area contributed by atoms with Crippen molar-refractivity contribution in [2.45, 2.75) is 19.3 Å². The van der Waals surface area contributed by atoms with Crippen LogP contribution in [0.4, 0.5) is 0 Å². The Morgan fingerprint density at radius 1 is 1.31 bits per heavy atom. The van der Waals surface area contributed by atoms with Gasteiger partial charge in [-0.05, 0) is 38.1 Å². The van der Waals surface area contributed by atoms with E-state index in [0.717, 1.165) is 18.2 Å². The molecule has 0 aromatic carbocycles. The summed E-state index contributed by atoms with van der Waals surface area (Å²) in [5, 5.41) is 6.81. The van der Waals surface area contributed by atoms with Crippen molar-refractivity contribution in [3.63, 3.8) is 0 Å². The molecule has 0 aliphatic carbocycles. The second kappa shape index (κ2) is 6.16. The van der Waals surface area contributed by atoms with Gasteiger partial charge in [0, 0.05) is 20.1 Å². The van der Waals surface area contributed by atoms with E-state index in [1.54, 1.807) is 0 Å². The lowest BCUT2D eigenvalue weighted by atomic mass is 10.1. The van der Waals surface area contributed by atoms with Gasteiger partial charge in [-0.3, -0.25) is 0 Å². The number of nitrogens with zero attached hydrogens (tertiary/aromatic N) is 1. The van der Waals surface area contributed by atoms with Gasteiger partial charge in [-0.15, -0.1) is 0 Å². The van der Waals surface area contributed by atoms with Gasteiger partial charge in [-0.25, -0.2) is 0 Å². The number of rotatable bonds is 3. The third-order valence-corrected chi connectivity index (χ3v) is 2.74. The summed E-state index contributed by atoms with van der Waals surface area (Å²) in [5.74, 6) is 0. The number of thiocarbonyl (C=S) groups is 1. The van der Waals surface area contributed by atoms with Crippen LogP contribution >= 0.6 is 12.2 Å². The van der Waals surface area contributed by atoms with Gasteiger partial charge in [0.25, 0.3) is 0 Å². The Morgan fingerprint density at radius 2 is 2.00 bits per heavy atom. The molecule has 76 valence electrons. The van der Waals surface area contributed by atoms with E-state index in [9.17, 15) is 0 Å². The largest absolute Gasteiger partial charge is 0.366 e. The second-order valence-corrected chi connectivity index (χ2v) is 3.82. The number of piperidine rings is 1. The molecule has 1 heterocycles.